The number of alkyl halides is 1. The van der Waals surface area contributed by atoms with Crippen molar-refractivity contribution < 1.29 is 19.1 Å². The second-order valence-corrected chi connectivity index (χ2v) is 8.28. The monoisotopic (exact) mass is 401 g/mol. The summed E-state index contributed by atoms with van der Waals surface area (Å²) >= 11 is 5.63. The first-order valence-electron chi connectivity index (χ1n) is 8.88. The Morgan fingerprint density at radius 3 is 2.15 bits per heavy atom. The number of carbonyl (C=O) groups excluding carboxylic acids is 2. The number of hydrogen-bond acceptors (Lipinski definition) is 4. The molecular formula is C19H32ClN3O4. The van der Waals surface area contributed by atoms with Crippen molar-refractivity contribution in [3.8, 4) is 11.8 Å². The van der Waals surface area contributed by atoms with Gasteiger partial charge >= 0.3 is 12.2 Å². The summed E-state index contributed by atoms with van der Waals surface area (Å²) in [6, 6.07) is 0. The summed E-state index contributed by atoms with van der Waals surface area (Å²) in [6.45, 7) is 10.7. The topological polar surface area (TPSA) is 80.2 Å². The van der Waals surface area contributed by atoms with Crippen LogP contribution >= 0.6 is 11.6 Å². The lowest BCUT2D eigenvalue weighted by atomic mass is 10.2. The fraction of sp³-hybridized carbons (Fsp3) is 0.737. The smallest absolute Gasteiger partial charge is 0.437 e. The molecule has 0 spiro atoms. The highest BCUT2D eigenvalue weighted by atomic mass is 35.5. The lowest BCUT2D eigenvalue weighted by Gasteiger charge is -2.23. The maximum absolute atomic E-state index is 12.0. The molecule has 0 bridgehead atoms. The Labute approximate surface area is 167 Å². The molecule has 27 heavy (non-hydrogen) atoms. The van der Waals surface area contributed by atoms with Crippen molar-refractivity contribution >= 4 is 29.7 Å². The summed E-state index contributed by atoms with van der Waals surface area (Å²) in [5.41, 5.74) is -1.37. The minimum atomic E-state index is -0.810. The van der Waals surface area contributed by atoms with E-state index in [-0.39, 0.29) is 12.5 Å². The van der Waals surface area contributed by atoms with E-state index in [1.165, 1.54) is 0 Å². The third kappa shape index (κ3) is 14.9. The number of nitrogens with one attached hydrogen (secondary N) is 1. The summed E-state index contributed by atoms with van der Waals surface area (Å²) in [6.07, 6.45) is 1.05. The van der Waals surface area contributed by atoms with Crippen molar-refractivity contribution in [3.05, 3.63) is 0 Å². The number of rotatable bonds is 4. The predicted molar refractivity (Wildman–Crippen MR) is 108 cm³/mol. The molecule has 0 saturated carbocycles. The lowest BCUT2D eigenvalue weighted by Crippen LogP contribution is -2.45. The number of unbranched alkanes of at least 4 members (excludes halogenated alkanes) is 2. The highest BCUT2D eigenvalue weighted by Gasteiger charge is 2.21. The number of ether oxygens (including phenoxy) is 2. The van der Waals surface area contributed by atoms with E-state index in [1.807, 2.05) is 0 Å². The van der Waals surface area contributed by atoms with Crippen LogP contribution in [0.25, 0.3) is 0 Å². The number of carbonyl (C=O) groups is 2. The summed E-state index contributed by atoms with van der Waals surface area (Å²) < 4.78 is 10.4. The van der Waals surface area contributed by atoms with E-state index in [2.05, 4.69) is 22.2 Å². The zero-order valence-electron chi connectivity index (χ0n) is 17.4. The molecular weight excluding hydrogens is 370 g/mol. The predicted octanol–water partition coefficient (Wildman–Crippen LogP) is 4.15. The number of amides is 2. The van der Waals surface area contributed by atoms with Gasteiger partial charge in [0.15, 0.2) is 0 Å². The number of hydrogen-bond donors (Lipinski definition) is 1. The average Bonchev–Trinajstić information content (AvgIpc) is 2.46. The van der Waals surface area contributed by atoms with Crippen molar-refractivity contribution in [2.45, 2.75) is 72.0 Å². The van der Waals surface area contributed by atoms with Crippen molar-refractivity contribution in [2.75, 3.05) is 19.5 Å². The first kappa shape index (κ1) is 25.1. The van der Waals surface area contributed by atoms with Crippen LogP contribution < -0.4 is 5.32 Å². The molecule has 0 aromatic rings. The van der Waals surface area contributed by atoms with Crippen LogP contribution in [0.1, 0.15) is 60.8 Å². The molecule has 0 atom stereocenters. The maximum atomic E-state index is 12.0. The Hall–Kier alpha value is -1.94. The van der Waals surface area contributed by atoms with Crippen LogP contribution in [-0.2, 0) is 9.47 Å². The average molecular weight is 402 g/mol. The molecule has 1 N–H and O–H groups in total. The molecule has 8 heteroatoms. The second kappa shape index (κ2) is 11.7. The van der Waals surface area contributed by atoms with Crippen molar-refractivity contribution in [2.24, 2.45) is 4.99 Å². The van der Waals surface area contributed by atoms with E-state index in [0.29, 0.717) is 5.88 Å². The summed E-state index contributed by atoms with van der Waals surface area (Å²) in [7, 11) is 1.66. The van der Waals surface area contributed by atoms with Gasteiger partial charge in [-0.05, 0) is 54.4 Å². The number of aliphatic imine (C=N–C) groups is 1. The van der Waals surface area contributed by atoms with Gasteiger partial charge in [0, 0.05) is 19.3 Å². The summed E-state index contributed by atoms with van der Waals surface area (Å²) in [5.74, 6) is 6.63. The van der Waals surface area contributed by atoms with E-state index >= 15 is 0 Å². The minimum absolute atomic E-state index is 0.00792. The van der Waals surface area contributed by atoms with Crippen molar-refractivity contribution in [1.82, 2.24) is 10.2 Å². The number of halogens is 1. The Kier molecular flexibility index (Phi) is 10.9. The van der Waals surface area contributed by atoms with Crippen LogP contribution in [-0.4, -0.2) is 53.7 Å². The highest BCUT2D eigenvalue weighted by Crippen LogP contribution is 2.09. The number of guanidine groups is 1. The molecule has 0 aliphatic rings. The van der Waals surface area contributed by atoms with E-state index in [1.54, 1.807) is 53.5 Å². The molecule has 0 aliphatic carbocycles. The van der Waals surface area contributed by atoms with Crippen LogP contribution in [0.3, 0.4) is 0 Å². The van der Waals surface area contributed by atoms with Gasteiger partial charge in [-0.25, -0.2) is 9.59 Å². The highest BCUT2D eigenvalue weighted by molar-refractivity contribution is 6.17. The van der Waals surface area contributed by atoms with Gasteiger partial charge in [-0.1, -0.05) is 5.92 Å². The molecule has 0 unspecified atom stereocenters. The zero-order chi connectivity index (χ0) is 21.1. The summed E-state index contributed by atoms with van der Waals surface area (Å²) in [4.78, 5) is 29.4. The van der Waals surface area contributed by atoms with Gasteiger partial charge in [0.2, 0.25) is 5.96 Å². The second-order valence-electron chi connectivity index (χ2n) is 7.90. The minimum Gasteiger partial charge on any atom is -0.444 e. The quantitative estimate of drug-likeness (QED) is 0.251. The number of nitrogens with zero attached hydrogens (tertiary/aromatic N) is 2. The van der Waals surface area contributed by atoms with E-state index in [0.717, 1.165) is 19.3 Å². The third-order valence-electron chi connectivity index (χ3n) is 2.69. The molecule has 0 aromatic heterocycles. The first-order valence-corrected chi connectivity index (χ1v) is 9.42. The van der Waals surface area contributed by atoms with Crippen LogP contribution in [0.2, 0.25) is 0 Å². The van der Waals surface area contributed by atoms with Crippen LogP contribution in [0, 0.1) is 11.8 Å². The molecule has 0 saturated heterocycles. The van der Waals surface area contributed by atoms with Gasteiger partial charge in [0.05, 0.1) is 6.54 Å². The Morgan fingerprint density at radius 1 is 1.04 bits per heavy atom. The number of alkyl carbamates (subject to hydrolysis) is 1. The normalized spacial score (nSPS) is 11.9. The maximum Gasteiger partial charge on any atom is 0.437 e. The van der Waals surface area contributed by atoms with Gasteiger partial charge in [-0.3, -0.25) is 5.32 Å². The van der Waals surface area contributed by atoms with Crippen LogP contribution in [0.5, 0.6) is 0 Å². The van der Waals surface area contributed by atoms with Crippen molar-refractivity contribution in [3.63, 3.8) is 0 Å². The molecule has 154 valence electrons. The van der Waals surface area contributed by atoms with Gasteiger partial charge in [0.1, 0.15) is 11.2 Å². The lowest BCUT2D eigenvalue weighted by molar-refractivity contribution is 0.0556. The summed E-state index contributed by atoms with van der Waals surface area (Å²) in [5, 5.41) is 2.48. The van der Waals surface area contributed by atoms with Crippen LogP contribution in [0.4, 0.5) is 9.59 Å². The van der Waals surface area contributed by atoms with Crippen LogP contribution in [0.15, 0.2) is 4.99 Å². The fourth-order valence-electron chi connectivity index (χ4n) is 1.62. The van der Waals surface area contributed by atoms with Gasteiger partial charge in [-0.2, -0.15) is 0 Å². The first-order chi connectivity index (χ1) is 12.3. The fourth-order valence-corrected chi connectivity index (χ4v) is 1.81. The van der Waals surface area contributed by atoms with E-state index in [4.69, 9.17) is 21.1 Å². The molecule has 7 nitrogen and oxygen atoms in total. The van der Waals surface area contributed by atoms with E-state index in [9.17, 15) is 9.59 Å². The Morgan fingerprint density at radius 2 is 1.63 bits per heavy atom. The third-order valence-corrected chi connectivity index (χ3v) is 2.96. The molecule has 0 aromatic carbocycles. The molecule has 0 heterocycles. The van der Waals surface area contributed by atoms with Gasteiger partial charge in [-0.15, -0.1) is 22.5 Å². The Balaban J connectivity index is 5.10. The molecule has 0 rings (SSSR count). The largest absolute Gasteiger partial charge is 0.444 e. The molecule has 0 aliphatic heterocycles. The molecule has 0 fully saturated rings. The standard InChI is InChI=1S/C19H32ClN3O4/c1-18(2,3)26-16(24)21-15(22-17(25)27-19(4,5)6)23(7)14-12-10-8-9-11-13-20/h8-9,11,13-14H2,1-7H3,(H,21,22,24,25). The zero-order valence-corrected chi connectivity index (χ0v) is 18.2. The molecule has 2 amide bonds. The van der Waals surface area contributed by atoms with Gasteiger partial charge < -0.3 is 14.4 Å². The van der Waals surface area contributed by atoms with Gasteiger partial charge in [0.25, 0.3) is 0 Å². The van der Waals surface area contributed by atoms with E-state index < -0.39 is 23.4 Å². The van der Waals surface area contributed by atoms with Crippen molar-refractivity contribution in [1.29, 1.82) is 0 Å². The molecule has 0 radical (unpaired) electrons. The Bertz CT molecular complexity index is 580. The SMILES string of the molecule is CN(CC#CCCCCCl)/C(=N\C(=O)OC(C)(C)C)NC(=O)OC(C)(C)C.